The fourth-order valence-electron chi connectivity index (χ4n) is 2.66. The van der Waals surface area contributed by atoms with Crippen molar-refractivity contribution in [3.63, 3.8) is 0 Å². The molecule has 20 heavy (non-hydrogen) atoms. The molecule has 1 aliphatic heterocycles. The number of nitrogens with one attached hydrogen (secondary N) is 2. The molecule has 6 nitrogen and oxygen atoms in total. The third-order valence-electron chi connectivity index (χ3n) is 3.61. The fourth-order valence-corrected chi connectivity index (χ4v) is 2.66. The molecule has 2 amide bonds. The first-order valence-electron chi connectivity index (χ1n) is 7.16. The van der Waals surface area contributed by atoms with Crippen LogP contribution in [0.2, 0.25) is 0 Å². The number of methoxy groups -OCH3 is 1. The van der Waals surface area contributed by atoms with E-state index in [0.29, 0.717) is 6.61 Å². The molecule has 116 valence electrons. The zero-order chi connectivity index (χ0) is 15.2. The van der Waals surface area contributed by atoms with Gasteiger partial charge in [-0.1, -0.05) is 0 Å². The summed E-state index contributed by atoms with van der Waals surface area (Å²) in [5.74, 6) is -0.128. The summed E-state index contributed by atoms with van der Waals surface area (Å²) in [6, 6.07) is 0.0813. The summed E-state index contributed by atoms with van der Waals surface area (Å²) in [6.07, 6.45) is 1.49. The Hall–Kier alpha value is -1.14. The van der Waals surface area contributed by atoms with Gasteiger partial charge in [0, 0.05) is 20.2 Å². The van der Waals surface area contributed by atoms with Crippen molar-refractivity contribution in [1.82, 2.24) is 15.5 Å². The van der Waals surface area contributed by atoms with Crippen LogP contribution in [0.15, 0.2) is 0 Å². The Balaban J connectivity index is 2.66. The van der Waals surface area contributed by atoms with Crippen molar-refractivity contribution in [2.24, 2.45) is 5.41 Å². The van der Waals surface area contributed by atoms with Crippen LogP contribution < -0.4 is 10.6 Å². The Kier molecular flexibility index (Phi) is 6.42. The quantitative estimate of drug-likeness (QED) is 0.720. The maximum Gasteiger partial charge on any atom is 0.239 e. The number of amides is 2. The van der Waals surface area contributed by atoms with Crippen LogP contribution in [-0.2, 0) is 14.3 Å². The minimum atomic E-state index is -0.493. The normalized spacial score (nSPS) is 17.9. The first-order valence-corrected chi connectivity index (χ1v) is 7.16. The second-order valence-corrected chi connectivity index (χ2v) is 5.85. The van der Waals surface area contributed by atoms with Crippen molar-refractivity contribution in [2.75, 3.05) is 40.4 Å². The standard InChI is InChI=1S/C14H27N3O3/c1-11(2)16-12(18)9-17(3)13(19)14(10-20-4)5-7-15-8-6-14/h11,15H,5-10H2,1-4H3,(H,16,18). The summed E-state index contributed by atoms with van der Waals surface area (Å²) in [5, 5.41) is 6.05. The monoisotopic (exact) mass is 285 g/mol. The molecule has 0 atom stereocenters. The Morgan fingerprint density at radius 2 is 1.95 bits per heavy atom. The topological polar surface area (TPSA) is 70.7 Å². The molecule has 1 saturated heterocycles. The predicted octanol–water partition coefficient (Wildman–Crippen LogP) is -0.0144. The minimum Gasteiger partial charge on any atom is -0.384 e. The van der Waals surface area contributed by atoms with E-state index in [1.807, 2.05) is 13.8 Å². The second kappa shape index (κ2) is 7.59. The lowest BCUT2D eigenvalue weighted by atomic mass is 9.78. The van der Waals surface area contributed by atoms with Gasteiger partial charge in [-0.25, -0.2) is 0 Å². The number of rotatable bonds is 6. The van der Waals surface area contributed by atoms with Crippen molar-refractivity contribution in [3.05, 3.63) is 0 Å². The summed E-state index contributed by atoms with van der Waals surface area (Å²) in [4.78, 5) is 26.0. The molecule has 0 unspecified atom stereocenters. The van der Waals surface area contributed by atoms with Gasteiger partial charge in [0.25, 0.3) is 0 Å². The van der Waals surface area contributed by atoms with Crippen LogP contribution in [0.25, 0.3) is 0 Å². The molecule has 0 aromatic carbocycles. The third kappa shape index (κ3) is 4.45. The second-order valence-electron chi connectivity index (χ2n) is 5.85. The number of nitrogens with zero attached hydrogens (tertiary/aromatic N) is 1. The molecule has 0 saturated carbocycles. The van der Waals surface area contributed by atoms with Crippen LogP contribution in [0.1, 0.15) is 26.7 Å². The molecule has 0 bridgehead atoms. The SMILES string of the molecule is COCC1(C(=O)N(C)CC(=O)NC(C)C)CCNCC1. The van der Waals surface area contributed by atoms with Gasteiger partial charge >= 0.3 is 0 Å². The predicted molar refractivity (Wildman–Crippen MR) is 77.3 cm³/mol. The number of ether oxygens (including phenoxy) is 1. The molecule has 0 aliphatic carbocycles. The summed E-state index contributed by atoms with van der Waals surface area (Å²) < 4.78 is 5.25. The van der Waals surface area contributed by atoms with Crippen molar-refractivity contribution < 1.29 is 14.3 Å². The number of likely N-dealkylation sites (N-methyl/N-ethyl adjacent to an activating group) is 1. The van der Waals surface area contributed by atoms with E-state index in [1.165, 1.54) is 4.90 Å². The molecule has 6 heteroatoms. The van der Waals surface area contributed by atoms with Crippen LogP contribution in [-0.4, -0.2) is 63.2 Å². The van der Waals surface area contributed by atoms with E-state index in [9.17, 15) is 9.59 Å². The number of hydrogen-bond donors (Lipinski definition) is 2. The van der Waals surface area contributed by atoms with Gasteiger partial charge in [0.1, 0.15) is 0 Å². The van der Waals surface area contributed by atoms with E-state index >= 15 is 0 Å². The largest absolute Gasteiger partial charge is 0.384 e. The maximum absolute atomic E-state index is 12.7. The van der Waals surface area contributed by atoms with Crippen molar-refractivity contribution in [1.29, 1.82) is 0 Å². The molecule has 0 spiro atoms. The van der Waals surface area contributed by atoms with Gasteiger partial charge in [-0.2, -0.15) is 0 Å². The van der Waals surface area contributed by atoms with Gasteiger partial charge in [0.15, 0.2) is 0 Å². The highest BCUT2D eigenvalue weighted by atomic mass is 16.5. The van der Waals surface area contributed by atoms with Gasteiger partial charge < -0.3 is 20.3 Å². The highest BCUT2D eigenvalue weighted by Crippen LogP contribution is 2.31. The van der Waals surface area contributed by atoms with Crippen LogP contribution in [0.3, 0.4) is 0 Å². The van der Waals surface area contributed by atoms with Crippen LogP contribution in [0.4, 0.5) is 0 Å². The minimum absolute atomic E-state index is 0.000226. The van der Waals surface area contributed by atoms with Crippen molar-refractivity contribution in [3.8, 4) is 0 Å². The fraction of sp³-hybridized carbons (Fsp3) is 0.857. The van der Waals surface area contributed by atoms with Crippen molar-refractivity contribution >= 4 is 11.8 Å². The van der Waals surface area contributed by atoms with Crippen molar-refractivity contribution in [2.45, 2.75) is 32.7 Å². The zero-order valence-corrected chi connectivity index (χ0v) is 13.0. The summed E-state index contributed by atoms with van der Waals surface area (Å²) >= 11 is 0. The molecule has 0 aromatic heterocycles. The van der Waals surface area contributed by atoms with E-state index in [1.54, 1.807) is 14.2 Å². The van der Waals surface area contributed by atoms with Crippen LogP contribution in [0.5, 0.6) is 0 Å². The summed E-state index contributed by atoms with van der Waals surface area (Å²) in [6.45, 7) is 5.92. The molecular formula is C14H27N3O3. The average Bonchev–Trinajstić information content (AvgIpc) is 2.38. The molecule has 2 N–H and O–H groups in total. The molecule has 1 aliphatic rings. The molecule has 0 aromatic rings. The Bertz CT molecular complexity index is 333. The van der Waals surface area contributed by atoms with E-state index in [-0.39, 0.29) is 24.4 Å². The smallest absolute Gasteiger partial charge is 0.239 e. The van der Waals surface area contributed by atoms with Crippen LogP contribution in [0, 0.1) is 5.41 Å². The summed E-state index contributed by atoms with van der Waals surface area (Å²) in [5.41, 5.74) is -0.493. The van der Waals surface area contributed by atoms with Gasteiger partial charge in [0.2, 0.25) is 11.8 Å². The zero-order valence-electron chi connectivity index (χ0n) is 13.0. The lowest BCUT2D eigenvalue weighted by Gasteiger charge is -2.38. The lowest BCUT2D eigenvalue weighted by Crippen LogP contribution is -2.52. The maximum atomic E-state index is 12.7. The van der Waals surface area contributed by atoms with Crippen LogP contribution >= 0.6 is 0 Å². The third-order valence-corrected chi connectivity index (χ3v) is 3.61. The molecule has 1 heterocycles. The highest BCUT2D eigenvalue weighted by molar-refractivity contribution is 5.88. The van der Waals surface area contributed by atoms with E-state index in [2.05, 4.69) is 10.6 Å². The van der Waals surface area contributed by atoms with E-state index in [0.717, 1.165) is 25.9 Å². The van der Waals surface area contributed by atoms with Gasteiger partial charge in [0.05, 0.1) is 18.6 Å². The van der Waals surface area contributed by atoms with Gasteiger partial charge in [-0.05, 0) is 39.8 Å². The average molecular weight is 285 g/mol. The molecule has 1 rings (SSSR count). The van der Waals surface area contributed by atoms with E-state index in [4.69, 9.17) is 4.74 Å². The summed E-state index contributed by atoms with van der Waals surface area (Å²) in [7, 11) is 3.30. The Labute approximate surface area is 121 Å². The number of hydrogen-bond acceptors (Lipinski definition) is 4. The van der Waals surface area contributed by atoms with E-state index < -0.39 is 5.41 Å². The molecule has 0 radical (unpaired) electrons. The highest BCUT2D eigenvalue weighted by Gasteiger charge is 2.41. The lowest BCUT2D eigenvalue weighted by molar-refractivity contribution is -0.148. The first-order chi connectivity index (χ1) is 9.41. The molecule has 1 fully saturated rings. The number of carbonyl (C=O) groups excluding carboxylic acids is 2. The van der Waals surface area contributed by atoms with Gasteiger partial charge in [-0.3, -0.25) is 9.59 Å². The number of piperidine rings is 1. The molecular weight excluding hydrogens is 258 g/mol. The Morgan fingerprint density at radius 1 is 1.35 bits per heavy atom. The first kappa shape index (κ1) is 16.9. The van der Waals surface area contributed by atoms with Gasteiger partial charge in [-0.15, -0.1) is 0 Å². The Morgan fingerprint density at radius 3 is 2.45 bits per heavy atom. The number of carbonyl (C=O) groups is 2.